The maximum absolute atomic E-state index is 12.5. The van der Waals surface area contributed by atoms with Crippen LogP contribution in [0.3, 0.4) is 0 Å². The zero-order valence-electron chi connectivity index (χ0n) is 19.2. The highest BCUT2D eigenvalue weighted by Crippen LogP contribution is 2.32. The molecule has 0 saturated carbocycles. The molecule has 0 radical (unpaired) electrons. The fraction of sp³-hybridized carbons (Fsp3) is 0.417. The third-order valence-electron chi connectivity index (χ3n) is 5.56. The Hall–Kier alpha value is -3.60. The maximum Gasteiger partial charge on any atom is 0.410 e. The van der Waals surface area contributed by atoms with E-state index in [1.807, 2.05) is 56.7 Å². The maximum atomic E-state index is 12.5. The number of nitrogens with zero attached hydrogens (tertiary/aromatic N) is 6. The number of carbonyl (C=O) groups is 1. The standard InChI is InChI=1S/C24H28N6O2/c1-16-13-30(19-8-6-7-18(11-19)12-25)22-20(16)21(26-15-27-22)29-10-9-28(14-17(29)2)23(31)32-24(3,4)5/h6-8,11,13,15,17H,9-10,14H2,1-5H3/t17-/m0/s1. The van der Waals surface area contributed by atoms with Crippen LogP contribution < -0.4 is 4.90 Å². The minimum absolute atomic E-state index is 0.0686. The topological polar surface area (TPSA) is 87.3 Å². The van der Waals surface area contributed by atoms with E-state index in [2.05, 4.69) is 27.9 Å². The van der Waals surface area contributed by atoms with Crippen molar-refractivity contribution in [2.45, 2.75) is 46.3 Å². The molecule has 0 bridgehead atoms. The Morgan fingerprint density at radius 3 is 2.72 bits per heavy atom. The fourth-order valence-corrected chi connectivity index (χ4v) is 4.13. The van der Waals surface area contributed by atoms with E-state index in [0.29, 0.717) is 25.2 Å². The summed E-state index contributed by atoms with van der Waals surface area (Å²) in [6, 6.07) is 9.73. The molecule has 1 amide bonds. The molecule has 3 heterocycles. The van der Waals surface area contributed by atoms with Crippen molar-refractivity contribution in [2.24, 2.45) is 0 Å². The van der Waals surface area contributed by atoms with E-state index in [9.17, 15) is 10.1 Å². The van der Waals surface area contributed by atoms with Crippen LogP contribution in [0.5, 0.6) is 0 Å². The summed E-state index contributed by atoms with van der Waals surface area (Å²) in [4.78, 5) is 25.7. The number of aryl methyl sites for hydroxylation is 1. The van der Waals surface area contributed by atoms with Gasteiger partial charge in [-0.25, -0.2) is 14.8 Å². The van der Waals surface area contributed by atoms with Crippen molar-refractivity contribution in [3.63, 3.8) is 0 Å². The second-order valence-electron chi connectivity index (χ2n) is 9.21. The molecule has 0 N–H and O–H groups in total. The van der Waals surface area contributed by atoms with Gasteiger partial charge in [0, 0.05) is 37.6 Å². The van der Waals surface area contributed by atoms with E-state index in [1.165, 1.54) is 0 Å². The van der Waals surface area contributed by atoms with Crippen molar-refractivity contribution in [1.82, 2.24) is 19.4 Å². The van der Waals surface area contributed by atoms with Gasteiger partial charge in [0.25, 0.3) is 0 Å². The van der Waals surface area contributed by atoms with Crippen molar-refractivity contribution in [3.05, 3.63) is 47.9 Å². The number of hydrogen-bond acceptors (Lipinski definition) is 6. The number of benzene rings is 1. The van der Waals surface area contributed by atoms with Gasteiger partial charge in [-0.1, -0.05) is 6.07 Å². The molecule has 32 heavy (non-hydrogen) atoms. The van der Waals surface area contributed by atoms with E-state index in [-0.39, 0.29) is 12.1 Å². The highest BCUT2D eigenvalue weighted by Gasteiger charge is 2.31. The number of fused-ring (bicyclic) bond motifs is 1. The molecule has 0 spiro atoms. The van der Waals surface area contributed by atoms with Crippen LogP contribution in [-0.2, 0) is 4.74 Å². The molecule has 0 aliphatic carbocycles. The summed E-state index contributed by atoms with van der Waals surface area (Å²) in [7, 11) is 0. The van der Waals surface area contributed by atoms with Crippen LogP contribution >= 0.6 is 0 Å². The third-order valence-corrected chi connectivity index (χ3v) is 5.56. The summed E-state index contributed by atoms with van der Waals surface area (Å²) < 4.78 is 7.54. The van der Waals surface area contributed by atoms with Crippen LogP contribution in [0.4, 0.5) is 10.6 Å². The molecule has 1 atom stereocenters. The molecule has 1 aliphatic heterocycles. The molecular weight excluding hydrogens is 404 g/mol. The predicted molar refractivity (Wildman–Crippen MR) is 123 cm³/mol. The van der Waals surface area contributed by atoms with Crippen LogP contribution in [0.1, 0.15) is 38.8 Å². The second-order valence-corrected chi connectivity index (χ2v) is 9.21. The highest BCUT2D eigenvalue weighted by atomic mass is 16.6. The van der Waals surface area contributed by atoms with Crippen LogP contribution in [-0.4, -0.2) is 56.8 Å². The normalized spacial score (nSPS) is 16.8. The van der Waals surface area contributed by atoms with Gasteiger partial charge >= 0.3 is 6.09 Å². The molecule has 4 rings (SSSR count). The van der Waals surface area contributed by atoms with E-state index in [1.54, 1.807) is 17.3 Å². The summed E-state index contributed by atoms with van der Waals surface area (Å²) in [5.41, 5.74) is 2.82. The van der Waals surface area contributed by atoms with E-state index in [4.69, 9.17) is 4.74 Å². The molecule has 3 aromatic rings. The van der Waals surface area contributed by atoms with Crippen molar-refractivity contribution < 1.29 is 9.53 Å². The second kappa shape index (κ2) is 8.15. The van der Waals surface area contributed by atoms with Crippen LogP contribution in [0.25, 0.3) is 16.7 Å². The van der Waals surface area contributed by atoms with Gasteiger partial charge in [-0.3, -0.25) is 0 Å². The van der Waals surface area contributed by atoms with Gasteiger partial charge in [0.15, 0.2) is 0 Å². The van der Waals surface area contributed by atoms with Gasteiger partial charge in [0.1, 0.15) is 23.4 Å². The zero-order chi connectivity index (χ0) is 23.0. The number of ether oxygens (including phenoxy) is 1. The zero-order valence-corrected chi connectivity index (χ0v) is 19.2. The molecule has 0 unspecified atom stereocenters. The average molecular weight is 433 g/mol. The lowest BCUT2D eigenvalue weighted by Gasteiger charge is -2.41. The summed E-state index contributed by atoms with van der Waals surface area (Å²) in [5.74, 6) is 0.860. The molecular formula is C24H28N6O2. The fourth-order valence-electron chi connectivity index (χ4n) is 4.13. The number of anilines is 1. The van der Waals surface area contributed by atoms with Gasteiger partial charge in [-0.15, -0.1) is 0 Å². The number of hydrogen-bond donors (Lipinski definition) is 0. The first-order chi connectivity index (χ1) is 15.2. The number of piperazine rings is 1. The van der Waals surface area contributed by atoms with E-state index in [0.717, 1.165) is 28.1 Å². The molecule has 1 aromatic carbocycles. The van der Waals surface area contributed by atoms with Gasteiger partial charge in [-0.05, 0) is 58.4 Å². The lowest BCUT2D eigenvalue weighted by molar-refractivity contribution is 0.0218. The van der Waals surface area contributed by atoms with E-state index < -0.39 is 5.60 Å². The molecule has 1 aliphatic rings. The number of amides is 1. The smallest absolute Gasteiger partial charge is 0.410 e. The summed E-state index contributed by atoms with van der Waals surface area (Å²) in [5, 5.41) is 10.2. The molecule has 1 saturated heterocycles. The van der Waals surface area contributed by atoms with Crippen molar-refractivity contribution >= 4 is 22.9 Å². The lowest BCUT2D eigenvalue weighted by atomic mass is 10.1. The summed E-state index contributed by atoms with van der Waals surface area (Å²) in [6.45, 7) is 11.5. The van der Waals surface area contributed by atoms with Crippen LogP contribution in [0.15, 0.2) is 36.8 Å². The number of rotatable bonds is 2. The molecule has 166 valence electrons. The quantitative estimate of drug-likeness (QED) is 0.607. The molecule has 1 fully saturated rings. The Balaban J connectivity index is 1.65. The van der Waals surface area contributed by atoms with Crippen LogP contribution in [0, 0.1) is 18.3 Å². The third kappa shape index (κ3) is 4.11. The van der Waals surface area contributed by atoms with Crippen molar-refractivity contribution in [2.75, 3.05) is 24.5 Å². The number of nitriles is 1. The first-order valence-electron chi connectivity index (χ1n) is 10.8. The number of aromatic nitrogens is 3. The van der Waals surface area contributed by atoms with Crippen molar-refractivity contribution in [3.8, 4) is 11.8 Å². The summed E-state index contributed by atoms with van der Waals surface area (Å²) >= 11 is 0. The Morgan fingerprint density at radius 2 is 2.03 bits per heavy atom. The summed E-state index contributed by atoms with van der Waals surface area (Å²) in [6.07, 6.45) is 3.33. The van der Waals surface area contributed by atoms with E-state index >= 15 is 0 Å². The predicted octanol–water partition coefficient (Wildman–Crippen LogP) is 4.05. The molecule has 8 heteroatoms. The Kier molecular flexibility index (Phi) is 5.51. The minimum atomic E-state index is -0.515. The molecule has 2 aromatic heterocycles. The van der Waals surface area contributed by atoms with Crippen molar-refractivity contribution in [1.29, 1.82) is 5.26 Å². The first kappa shape index (κ1) is 21.6. The highest BCUT2D eigenvalue weighted by molar-refractivity contribution is 5.92. The Labute approximate surface area is 188 Å². The SMILES string of the molecule is Cc1cn(-c2cccc(C#N)c2)c2ncnc(N3CCN(C(=O)OC(C)(C)C)C[C@@H]3C)c12. The first-order valence-corrected chi connectivity index (χ1v) is 10.8. The average Bonchev–Trinajstić information content (AvgIpc) is 3.09. The Bertz CT molecular complexity index is 1200. The minimum Gasteiger partial charge on any atom is -0.444 e. The van der Waals surface area contributed by atoms with Crippen LogP contribution in [0.2, 0.25) is 0 Å². The number of carbonyl (C=O) groups excluding carboxylic acids is 1. The largest absolute Gasteiger partial charge is 0.444 e. The van der Waals surface area contributed by atoms with Gasteiger partial charge in [0.2, 0.25) is 0 Å². The van der Waals surface area contributed by atoms with Gasteiger partial charge < -0.3 is 19.1 Å². The van der Waals surface area contributed by atoms with Gasteiger partial charge in [-0.2, -0.15) is 5.26 Å². The molecule has 8 nitrogen and oxygen atoms in total. The van der Waals surface area contributed by atoms with Gasteiger partial charge in [0.05, 0.1) is 17.0 Å². The lowest BCUT2D eigenvalue weighted by Crippen LogP contribution is -2.54. The monoisotopic (exact) mass is 432 g/mol. The Morgan fingerprint density at radius 1 is 1.25 bits per heavy atom.